The molecule has 3 nitrogen and oxygen atoms in total. The topological polar surface area (TPSA) is 55.5 Å². The zero-order valence-corrected chi connectivity index (χ0v) is 14.9. The second-order valence-electron chi connectivity index (χ2n) is 6.22. The van der Waals surface area contributed by atoms with Gasteiger partial charge in [-0.1, -0.05) is 6.07 Å². The minimum Gasteiger partial charge on any atom is -0.384 e. The minimum absolute atomic E-state index is 0.0466. The van der Waals surface area contributed by atoms with Crippen molar-refractivity contribution < 1.29 is 36.2 Å². The Balaban J connectivity index is 2.12. The number of alkyl halides is 6. The van der Waals surface area contributed by atoms with Crippen LogP contribution in [0.25, 0.3) is 0 Å². The van der Waals surface area contributed by atoms with Gasteiger partial charge in [-0.3, -0.25) is 0 Å². The van der Waals surface area contributed by atoms with Crippen molar-refractivity contribution in [1.82, 2.24) is 0 Å². The first-order chi connectivity index (χ1) is 12.3. The van der Waals surface area contributed by atoms with Gasteiger partial charge in [-0.25, -0.2) is 0 Å². The summed E-state index contributed by atoms with van der Waals surface area (Å²) in [5, 5.41) is 12.1. The SMILES string of the molecule is CC(O)(CC(N)OCc1cc(C(F)(F)F)cc(C(F)(F)F)c1)c1cccs1. The molecule has 0 aliphatic carbocycles. The smallest absolute Gasteiger partial charge is 0.384 e. The maximum Gasteiger partial charge on any atom is 0.416 e. The molecule has 1 aromatic heterocycles. The Kier molecular flexibility index (Phi) is 6.25. The molecule has 10 heteroatoms. The first-order valence-electron chi connectivity index (χ1n) is 7.71. The van der Waals surface area contributed by atoms with Crippen LogP contribution in [-0.2, 0) is 29.3 Å². The molecule has 2 aromatic rings. The summed E-state index contributed by atoms with van der Waals surface area (Å²) in [5.41, 5.74) is 1.25. The third-order valence-electron chi connectivity index (χ3n) is 3.76. The summed E-state index contributed by atoms with van der Waals surface area (Å²) in [6, 6.07) is 4.62. The van der Waals surface area contributed by atoms with Gasteiger partial charge < -0.3 is 15.6 Å². The Hall–Kier alpha value is -1.62. The molecular formula is C17H17F6NO2S. The number of hydrogen-bond donors (Lipinski definition) is 2. The van der Waals surface area contributed by atoms with Gasteiger partial charge in [0.15, 0.2) is 0 Å². The molecule has 2 unspecified atom stereocenters. The Morgan fingerprint density at radius 3 is 2.07 bits per heavy atom. The second kappa shape index (κ2) is 7.78. The van der Waals surface area contributed by atoms with Crippen molar-refractivity contribution in [3.05, 3.63) is 57.3 Å². The molecule has 27 heavy (non-hydrogen) atoms. The van der Waals surface area contributed by atoms with Crippen LogP contribution >= 0.6 is 11.3 Å². The van der Waals surface area contributed by atoms with Gasteiger partial charge in [0.05, 0.1) is 23.3 Å². The summed E-state index contributed by atoms with van der Waals surface area (Å²) < 4.78 is 82.3. The Morgan fingerprint density at radius 2 is 1.63 bits per heavy atom. The van der Waals surface area contributed by atoms with E-state index in [1.807, 2.05) is 0 Å². The number of rotatable bonds is 6. The number of benzene rings is 1. The van der Waals surface area contributed by atoms with Gasteiger partial charge >= 0.3 is 12.4 Å². The summed E-state index contributed by atoms with van der Waals surface area (Å²) in [5.74, 6) is 0. The third kappa shape index (κ3) is 5.93. The van der Waals surface area contributed by atoms with E-state index in [1.165, 1.54) is 18.3 Å². The number of nitrogens with two attached hydrogens (primary N) is 1. The maximum absolute atomic E-state index is 12.8. The first-order valence-corrected chi connectivity index (χ1v) is 8.59. The molecule has 2 rings (SSSR count). The van der Waals surface area contributed by atoms with Gasteiger partial charge in [0.25, 0.3) is 0 Å². The monoisotopic (exact) mass is 413 g/mol. The molecule has 0 saturated heterocycles. The van der Waals surface area contributed by atoms with Crippen molar-refractivity contribution in [2.24, 2.45) is 5.73 Å². The first kappa shape index (κ1) is 21.7. The van der Waals surface area contributed by atoms with Crippen LogP contribution in [-0.4, -0.2) is 11.3 Å². The summed E-state index contributed by atoms with van der Waals surface area (Å²) >= 11 is 1.28. The standard InChI is InChI=1S/C17H17F6NO2S/c1-15(25,13-3-2-4-27-13)8-14(24)26-9-10-5-11(16(18,19)20)7-12(6-10)17(21,22)23/h2-7,14,25H,8-9,24H2,1H3. The van der Waals surface area contributed by atoms with E-state index in [9.17, 15) is 31.4 Å². The van der Waals surface area contributed by atoms with E-state index in [0.717, 1.165) is 0 Å². The van der Waals surface area contributed by atoms with E-state index in [2.05, 4.69) is 0 Å². The summed E-state index contributed by atoms with van der Waals surface area (Å²) in [6.45, 7) is 0.933. The van der Waals surface area contributed by atoms with Gasteiger partial charge in [0.1, 0.15) is 6.23 Å². The average molecular weight is 413 g/mol. The molecule has 0 saturated carbocycles. The van der Waals surface area contributed by atoms with Crippen LogP contribution in [0.3, 0.4) is 0 Å². The molecule has 0 radical (unpaired) electrons. The molecule has 0 aliphatic rings. The number of hydrogen-bond acceptors (Lipinski definition) is 4. The van der Waals surface area contributed by atoms with Crippen LogP contribution in [0.2, 0.25) is 0 Å². The van der Waals surface area contributed by atoms with E-state index in [-0.39, 0.29) is 18.1 Å². The minimum atomic E-state index is -4.93. The highest BCUT2D eigenvalue weighted by atomic mass is 32.1. The number of ether oxygens (including phenoxy) is 1. The normalized spacial score (nSPS) is 16.2. The molecule has 0 spiro atoms. The summed E-state index contributed by atoms with van der Waals surface area (Å²) in [7, 11) is 0. The molecular weight excluding hydrogens is 396 g/mol. The van der Waals surface area contributed by atoms with Crippen molar-refractivity contribution in [3.63, 3.8) is 0 Å². The fourth-order valence-corrected chi connectivity index (χ4v) is 3.24. The van der Waals surface area contributed by atoms with Crippen LogP contribution < -0.4 is 5.73 Å². The van der Waals surface area contributed by atoms with E-state index < -0.39 is 41.9 Å². The van der Waals surface area contributed by atoms with Crippen LogP contribution in [0.1, 0.15) is 34.9 Å². The van der Waals surface area contributed by atoms with Crippen LogP contribution in [0.5, 0.6) is 0 Å². The highest BCUT2D eigenvalue weighted by Gasteiger charge is 2.37. The second-order valence-corrected chi connectivity index (χ2v) is 7.17. The lowest BCUT2D eigenvalue weighted by molar-refractivity contribution is -0.143. The zero-order valence-electron chi connectivity index (χ0n) is 14.1. The van der Waals surface area contributed by atoms with Crippen LogP contribution in [0, 0.1) is 0 Å². The molecule has 0 aliphatic heterocycles. The maximum atomic E-state index is 12.8. The number of thiophene rings is 1. The van der Waals surface area contributed by atoms with Gasteiger partial charge in [-0.15, -0.1) is 11.3 Å². The molecule has 1 aromatic carbocycles. The summed E-state index contributed by atoms with van der Waals surface area (Å²) in [6.07, 6.45) is -11.0. The van der Waals surface area contributed by atoms with Gasteiger partial charge in [0, 0.05) is 11.3 Å². The van der Waals surface area contributed by atoms with Gasteiger partial charge in [-0.05, 0) is 42.1 Å². The van der Waals surface area contributed by atoms with Crippen molar-refractivity contribution in [2.45, 2.75) is 44.1 Å². The van der Waals surface area contributed by atoms with Crippen molar-refractivity contribution in [1.29, 1.82) is 0 Å². The third-order valence-corrected chi connectivity index (χ3v) is 4.89. The van der Waals surface area contributed by atoms with E-state index in [4.69, 9.17) is 10.5 Å². The Morgan fingerprint density at radius 1 is 1.07 bits per heavy atom. The quantitative estimate of drug-likeness (QED) is 0.524. The molecule has 1 heterocycles. The fraction of sp³-hybridized carbons (Fsp3) is 0.412. The lowest BCUT2D eigenvalue weighted by Crippen LogP contribution is -2.34. The largest absolute Gasteiger partial charge is 0.416 e. The van der Waals surface area contributed by atoms with Crippen molar-refractivity contribution in [3.8, 4) is 0 Å². The fourth-order valence-electron chi connectivity index (χ4n) is 2.44. The molecule has 2 atom stereocenters. The number of aliphatic hydroxyl groups is 1. The predicted octanol–water partition coefficient (Wildman–Crippen LogP) is 4.88. The Bertz CT molecular complexity index is 724. The highest BCUT2D eigenvalue weighted by Crippen LogP contribution is 2.36. The lowest BCUT2D eigenvalue weighted by atomic mass is 9.99. The summed E-state index contributed by atoms with van der Waals surface area (Å²) in [4.78, 5) is 0.611. The molecule has 0 amide bonds. The lowest BCUT2D eigenvalue weighted by Gasteiger charge is -2.25. The van der Waals surface area contributed by atoms with E-state index in [0.29, 0.717) is 17.0 Å². The van der Waals surface area contributed by atoms with Crippen LogP contribution in [0.4, 0.5) is 26.3 Å². The number of halogens is 6. The molecule has 150 valence electrons. The molecule has 3 N–H and O–H groups in total. The molecule has 0 bridgehead atoms. The van der Waals surface area contributed by atoms with Crippen LogP contribution in [0.15, 0.2) is 35.7 Å². The van der Waals surface area contributed by atoms with Crippen molar-refractivity contribution in [2.75, 3.05) is 0 Å². The van der Waals surface area contributed by atoms with E-state index in [1.54, 1.807) is 17.5 Å². The van der Waals surface area contributed by atoms with Crippen molar-refractivity contribution >= 4 is 11.3 Å². The van der Waals surface area contributed by atoms with E-state index >= 15 is 0 Å². The van der Waals surface area contributed by atoms with Gasteiger partial charge in [-0.2, -0.15) is 26.3 Å². The Labute approximate surface area is 155 Å². The van der Waals surface area contributed by atoms with Gasteiger partial charge in [0.2, 0.25) is 0 Å². The molecule has 0 fully saturated rings. The predicted molar refractivity (Wildman–Crippen MR) is 87.7 cm³/mol. The zero-order chi connectivity index (χ0) is 20.5. The highest BCUT2D eigenvalue weighted by molar-refractivity contribution is 7.10. The average Bonchev–Trinajstić information content (AvgIpc) is 3.06.